The van der Waals surface area contributed by atoms with Gasteiger partial charge in [0.1, 0.15) is 17.2 Å². The van der Waals surface area contributed by atoms with Crippen LogP contribution in [0.25, 0.3) is 44.5 Å². The normalized spacial score (nSPS) is 11.0. The molecule has 0 unspecified atom stereocenters. The Morgan fingerprint density at radius 1 is 0.881 bits per heavy atom. The average Bonchev–Trinajstić information content (AvgIpc) is 3.38. The number of hydrogen-bond donors (Lipinski definition) is 2. The summed E-state index contributed by atoms with van der Waals surface area (Å²) in [6.45, 7) is 4.64. The highest BCUT2D eigenvalue weighted by atomic mass is 19.1. The molecule has 0 saturated heterocycles. The third kappa shape index (κ3) is 5.82. The number of furan rings is 1. The molecule has 5 rings (SSSR count). The summed E-state index contributed by atoms with van der Waals surface area (Å²) >= 11 is 0. The number of halogens is 1. The van der Waals surface area contributed by atoms with E-state index >= 15 is 0 Å². The van der Waals surface area contributed by atoms with E-state index in [4.69, 9.17) is 10.8 Å². The molecule has 1 aromatic heterocycles. The third-order valence-corrected chi connectivity index (χ3v) is 7.06. The largest absolute Gasteiger partial charge is 0.455 e. The molecular weight excluding hydrogens is 527 g/mol. The number of hydrogen-bond acceptors (Lipinski definition) is 3. The lowest BCUT2D eigenvalue weighted by Gasteiger charge is -2.14. The van der Waals surface area contributed by atoms with Crippen LogP contribution in [0.2, 0.25) is 0 Å². The van der Waals surface area contributed by atoms with Crippen molar-refractivity contribution in [3.63, 3.8) is 0 Å². The molecule has 6 heteroatoms. The third-order valence-electron chi connectivity index (χ3n) is 7.06. The van der Waals surface area contributed by atoms with E-state index in [0.717, 1.165) is 27.8 Å². The first-order chi connectivity index (χ1) is 20.3. The first kappa shape index (κ1) is 28.4. The summed E-state index contributed by atoms with van der Waals surface area (Å²) in [7, 11) is 1.55. The van der Waals surface area contributed by atoms with Crippen LogP contribution in [0.5, 0.6) is 0 Å². The zero-order valence-corrected chi connectivity index (χ0v) is 23.8. The van der Waals surface area contributed by atoms with Crippen LogP contribution in [0.4, 0.5) is 4.39 Å². The Hall–Kier alpha value is -5.15. The zero-order valence-electron chi connectivity index (χ0n) is 23.8. The van der Waals surface area contributed by atoms with Gasteiger partial charge in [-0.3, -0.25) is 9.59 Å². The summed E-state index contributed by atoms with van der Waals surface area (Å²) in [4.78, 5) is 26.5. The van der Waals surface area contributed by atoms with Gasteiger partial charge in [0.15, 0.2) is 0 Å². The number of carbonyl (C=O) groups is 2. The Balaban J connectivity index is 1.64. The smallest absolute Gasteiger partial charge is 0.255 e. The predicted molar refractivity (Wildman–Crippen MR) is 166 cm³/mol. The summed E-state index contributed by atoms with van der Waals surface area (Å²) in [5, 5.41) is 6.35. The molecule has 42 heavy (non-hydrogen) atoms. The Morgan fingerprint density at radius 3 is 2.31 bits per heavy atom. The second-order valence-corrected chi connectivity index (χ2v) is 10.5. The minimum Gasteiger partial charge on any atom is -0.455 e. The Kier molecular flexibility index (Phi) is 8.21. The maximum Gasteiger partial charge on any atom is 0.255 e. The van der Waals surface area contributed by atoms with E-state index < -0.39 is 0 Å². The Morgan fingerprint density at radius 2 is 1.60 bits per heavy atom. The van der Waals surface area contributed by atoms with Crippen LogP contribution in [-0.4, -0.2) is 25.4 Å². The van der Waals surface area contributed by atoms with E-state index in [9.17, 15) is 14.0 Å². The van der Waals surface area contributed by atoms with Crippen molar-refractivity contribution in [3.8, 4) is 45.9 Å². The monoisotopic (exact) mass is 558 g/mol. The minimum atomic E-state index is -0.377. The number of benzene rings is 4. The molecule has 0 saturated carbocycles. The molecule has 0 atom stereocenters. The second-order valence-electron chi connectivity index (χ2n) is 10.5. The fourth-order valence-electron chi connectivity index (χ4n) is 4.95. The molecule has 5 aromatic rings. The number of fused-ring (bicyclic) bond motifs is 1. The van der Waals surface area contributed by atoms with Crippen molar-refractivity contribution in [2.45, 2.75) is 20.3 Å². The summed E-state index contributed by atoms with van der Waals surface area (Å²) in [6, 6.07) is 25.1. The molecule has 2 amide bonds. The SMILES string of the molecule is C#CCc1cccc(-c2ccc(-c3ccc4oc(-c5ccc(F)cc5)c(C(=O)NC)c4c3)cc2C(=O)NCC(C)C)c1. The molecule has 2 N–H and O–H groups in total. The van der Waals surface area contributed by atoms with Crippen LogP contribution >= 0.6 is 0 Å². The number of amides is 2. The molecule has 1 heterocycles. The van der Waals surface area contributed by atoms with Crippen LogP contribution in [0.3, 0.4) is 0 Å². The summed E-state index contributed by atoms with van der Waals surface area (Å²) < 4.78 is 19.7. The number of nitrogens with one attached hydrogen (secondary N) is 2. The van der Waals surface area contributed by atoms with Crippen molar-refractivity contribution in [2.24, 2.45) is 5.92 Å². The van der Waals surface area contributed by atoms with Crippen LogP contribution in [0, 0.1) is 24.1 Å². The van der Waals surface area contributed by atoms with E-state index in [1.807, 2.05) is 68.4 Å². The lowest BCUT2D eigenvalue weighted by molar-refractivity contribution is 0.0946. The fourth-order valence-corrected chi connectivity index (χ4v) is 4.95. The molecule has 0 spiro atoms. The summed E-state index contributed by atoms with van der Waals surface area (Å²) in [5.41, 5.74) is 6.33. The van der Waals surface area contributed by atoms with Gasteiger partial charge in [-0.1, -0.05) is 56.3 Å². The van der Waals surface area contributed by atoms with Crippen molar-refractivity contribution < 1.29 is 18.4 Å². The molecule has 0 bridgehead atoms. The van der Waals surface area contributed by atoms with Gasteiger partial charge in [0, 0.05) is 36.5 Å². The van der Waals surface area contributed by atoms with Gasteiger partial charge in [0.25, 0.3) is 11.8 Å². The van der Waals surface area contributed by atoms with Crippen LogP contribution in [0.15, 0.2) is 89.3 Å². The molecule has 0 aliphatic heterocycles. The van der Waals surface area contributed by atoms with Gasteiger partial charge in [-0.15, -0.1) is 12.3 Å². The second kappa shape index (κ2) is 12.2. The van der Waals surface area contributed by atoms with Crippen LogP contribution in [-0.2, 0) is 6.42 Å². The quantitative estimate of drug-likeness (QED) is 0.194. The van der Waals surface area contributed by atoms with E-state index in [2.05, 4.69) is 16.6 Å². The number of rotatable bonds is 8. The van der Waals surface area contributed by atoms with Crippen molar-refractivity contribution >= 4 is 22.8 Å². The molecule has 0 aliphatic carbocycles. The topological polar surface area (TPSA) is 71.3 Å². The molecule has 4 aromatic carbocycles. The fraction of sp³-hybridized carbons (Fsp3) is 0.167. The summed E-state index contributed by atoms with van der Waals surface area (Å²) in [6.07, 6.45) is 6.04. The number of carbonyl (C=O) groups excluding carboxylic acids is 2. The highest BCUT2D eigenvalue weighted by molar-refractivity contribution is 6.12. The Bertz CT molecular complexity index is 1830. The molecular formula is C36H31FN2O3. The standard InChI is InChI=1S/C36H31FN2O3/c1-5-7-23-8-6-9-27(18-23)29-16-12-25(19-30(29)35(40)39-21-22(2)3)26-13-17-32-31(20-26)33(36(41)38-4)34(42-32)24-10-14-28(37)15-11-24/h1,6,8-20,22H,7,21H2,2-4H3,(H,38,41)(H,39,40). The first-order valence-electron chi connectivity index (χ1n) is 13.8. The van der Waals surface area contributed by atoms with Crippen molar-refractivity contribution in [2.75, 3.05) is 13.6 Å². The lowest BCUT2D eigenvalue weighted by Crippen LogP contribution is -2.27. The van der Waals surface area contributed by atoms with Gasteiger partial charge in [-0.2, -0.15) is 0 Å². The number of terminal acetylenes is 1. The molecule has 0 radical (unpaired) electrons. The summed E-state index contributed by atoms with van der Waals surface area (Å²) in [5.74, 6) is 2.46. The van der Waals surface area contributed by atoms with Gasteiger partial charge in [0.2, 0.25) is 0 Å². The van der Waals surface area contributed by atoms with Gasteiger partial charge < -0.3 is 15.1 Å². The van der Waals surface area contributed by atoms with E-state index in [0.29, 0.717) is 52.3 Å². The highest BCUT2D eigenvalue weighted by Crippen LogP contribution is 2.37. The van der Waals surface area contributed by atoms with Crippen LogP contribution in [0.1, 0.15) is 40.1 Å². The van der Waals surface area contributed by atoms with Crippen LogP contribution < -0.4 is 10.6 Å². The maximum atomic E-state index is 13.6. The predicted octanol–water partition coefficient (Wildman–Crippen LogP) is 7.49. The molecule has 0 fully saturated rings. The van der Waals surface area contributed by atoms with Gasteiger partial charge in [-0.05, 0) is 76.2 Å². The minimum absolute atomic E-state index is 0.170. The van der Waals surface area contributed by atoms with Gasteiger partial charge in [-0.25, -0.2) is 4.39 Å². The lowest BCUT2D eigenvalue weighted by atomic mass is 9.92. The molecule has 0 aliphatic rings. The van der Waals surface area contributed by atoms with E-state index in [1.54, 1.807) is 25.2 Å². The molecule has 210 valence electrons. The Labute approximate surface area is 244 Å². The van der Waals surface area contributed by atoms with Crippen molar-refractivity contribution in [3.05, 3.63) is 107 Å². The zero-order chi connectivity index (χ0) is 29.8. The first-order valence-corrected chi connectivity index (χ1v) is 13.8. The van der Waals surface area contributed by atoms with Crippen molar-refractivity contribution in [1.29, 1.82) is 0 Å². The van der Waals surface area contributed by atoms with Crippen molar-refractivity contribution in [1.82, 2.24) is 10.6 Å². The van der Waals surface area contributed by atoms with Gasteiger partial charge in [0.05, 0.1) is 5.56 Å². The highest BCUT2D eigenvalue weighted by Gasteiger charge is 2.23. The van der Waals surface area contributed by atoms with E-state index in [-0.39, 0.29) is 17.6 Å². The van der Waals surface area contributed by atoms with E-state index in [1.165, 1.54) is 12.1 Å². The average molecular weight is 559 g/mol. The van der Waals surface area contributed by atoms with Gasteiger partial charge >= 0.3 is 0 Å². The molecule has 5 nitrogen and oxygen atoms in total. The maximum absolute atomic E-state index is 13.6.